The van der Waals surface area contributed by atoms with Crippen molar-refractivity contribution in [2.45, 2.75) is 25.9 Å². The topological polar surface area (TPSA) is 35.2 Å². The Balaban J connectivity index is 2.19. The first-order valence-corrected chi connectivity index (χ1v) is 5.53. The molecule has 0 fully saturated rings. The SMILES string of the molecule is CC(CC(N)=S)OCCc1ccccc1. The van der Waals surface area contributed by atoms with Gasteiger partial charge in [-0.3, -0.25) is 0 Å². The molecule has 0 aromatic heterocycles. The van der Waals surface area contributed by atoms with Gasteiger partial charge in [-0.2, -0.15) is 0 Å². The summed E-state index contributed by atoms with van der Waals surface area (Å²) in [5, 5.41) is 0. The molecule has 2 nitrogen and oxygen atoms in total. The maximum atomic E-state index is 5.59. The second kappa shape index (κ2) is 6.53. The molecule has 1 aromatic rings. The summed E-state index contributed by atoms with van der Waals surface area (Å²) >= 11 is 4.81. The molecule has 0 saturated carbocycles. The number of hydrogen-bond donors (Lipinski definition) is 1. The lowest BCUT2D eigenvalue weighted by molar-refractivity contribution is 0.0736. The van der Waals surface area contributed by atoms with E-state index in [1.807, 2.05) is 25.1 Å². The van der Waals surface area contributed by atoms with Crippen molar-refractivity contribution in [1.82, 2.24) is 0 Å². The van der Waals surface area contributed by atoms with Crippen LogP contribution in [-0.4, -0.2) is 17.7 Å². The molecule has 1 aromatic carbocycles. The van der Waals surface area contributed by atoms with E-state index in [-0.39, 0.29) is 6.10 Å². The first-order chi connectivity index (χ1) is 7.18. The van der Waals surface area contributed by atoms with Crippen molar-refractivity contribution in [3.8, 4) is 0 Å². The highest BCUT2D eigenvalue weighted by molar-refractivity contribution is 7.80. The zero-order chi connectivity index (χ0) is 11.1. The van der Waals surface area contributed by atoms with Crippen LogP contribution in [0.15, 0.2) is 30.3 Å². The largest absolute Gasteiger partial charge is 0.393 e. The van der Waals surface area contributed by atoms with Gasteiger partial charge in [-0.1, -0.05) is 42.5 Å². The molecule has 0 aliphatic rings. The van der Waals surface area contributed by atoms with E-state index < -0.39 is 0 Å². The summed E-state index contributed by atoms with van der Waals surface area (Å²) < 4.78 is 5.59. The van der Waals surface area contributed by atoms with E-state index in [0.717, 1.165) is 6.42 Å². The average molecular weight is 223 g/mol. The van der Waals surface area contributed by atoms with E-state index in [0.29, 0.717) is 18.0 Å². The molecule has 1 rings (SSSR count). The maximum absolute atomic E-state index is 5.59. The molecular formula is C12H17NOS. The highest BCUT2D eigenvalue weighted by atomic mass is 32.1. The summed E-state index contributed by atoms with van der Waals surface area (Å²) in [7, 11) is 0. The van der Waals surface area contributed by atoms with Gasteiger partial charge in [-0.25, -0.2) is 0 Å². The Labute approximate surface area is 96.4 Å². The Morgan fingerprint density at radius 3 is 2.67 bits per heavy atom. The van der Waals surface area contributed by atoms with Gasteiger partial charge < -0.3 is 10.5 Å². The molecule has 0 aliphatic heterocycles. The van der Waals surface area contributed by atoms with Crippen LogP contribution in [0.4, 0.5) is 0 Å². The van der Waals surface area contributed by atoms with Crippen molar-refractivity contribution in [3.63, 3.8) is 0 Å². The monoisotopic (exact) mass is 223 g/mol. The fourth-order valence-corrected chi connectivity index (χ4v) is 1.60. The Bertz CT molecular complexity index is 300. The zero-order valence-corrected chi connectivity index (χ0v) is 9.80. The predicted molar refractivity (Wildman–Crippen MR) is 67.0 cm³/mol. The van der Waals surface area contributed by atoms with Crippen LogP contribution in [0.25, 0.3) is 0 Å². The van der Waals surface area contributed by atoms with Crippen molar-refractivity contribution in [2.24, 2.45) is 5.73 Å². The van der Waals surface area contributed by atoms with Crippen molar-refractivity contribution < 1.29 is 4.74 Å². The highest BCUT2D eigenvalue weighted by Crippen LogP contribution is 2.02. The van der Waals surface area contributed by atoms with Crippen molar-refractivity contribution in [2.75, 3.05) is 6.61 Å². The molecule has 1 atom stereocenters. The molecule has 82 valence electrons. The third-order valence-electron chi connectivity index (χ3n) is 2.12. The Kier molecular flexibility index (Phi) is 5.29. The molecule has 0 saturated heterocycles. The Hall–Kier alpha value is -0.930. The molecule has 15 heavy (non-hydrogen) atoms. The first-order valence-electron chi connectivity index (χ1n) is 5.12. The second-order valence-corrected chi connectivity index (χ2v) is 4.11. The van der Waals surface area contributed by atoms with Crippen LogP contribution in [0.1, 0.15) is 18.9 Å². The number of benzene rings is 1. The van der Waals surface area contributed by atoms with Crippen LogP contribution in [-0.2, 0) is 11.2 Å². The van der Waals surface area contributed by atoms with Crippen molar-refractivity contribution in [1.29, 1.82) is 0 Å². The second-order valence-electron chi connectivity index (χ2n) is 3.59. The third-order valence-corrected chi connectivity index (χ3v) is 2.29. The fraction of sp³-hybridized carbons (Fsp3) is 0.417. The van der Waals surface area contributed by atoms with E-state index in [2.05, 4.69) is 12.1 Å². The van der Waals surface area contributed by atoms with Crippen LogP contribution in [0, 0.1) is 0 Å². The summed E-state index contributed by atoms with van der Waals surface area (Å²) in [6.07, 6.45) is 1.71. The number of thiocarbonyl (C=S) groups is 1. The minimum Gasteiger partial charge on any atom is -0.393 e. The van der Waals surface area contributed by atoms with Gasteiger partial charge in [0.2, 0.25) is 0 Å². The number of hydrogen-bond acceptors (Lipinski definition) is 2. The number of rotatable bonds is 6. The smallest absolute Gasteiger partial charge is 0.0753 e. The molecule has 0 heterocycles. The maximum Gasteiger partial charge on any atom is 0.0753 e. The highest BCUT2D eigenvalue weighted by Gasteiger charge is 2.03. The quantitative estimate of drug-likeness (QED) is 0.752. The number of ether oxygens (including phenoxy) is 1. The molecule has 1 unspecified atom stereocenters. The van der Waals surface area contributed by atoms with Gasteiger partial charge in [-0.15, -0.1) is 0 Å². The van der Waals surface area contributed by atoms with Gasteiger partial charge in [0.15, 0.2) is 0 Å². The third kappa shape index (κ3) is 5.50. The van der Waals surface area contributed by atoms with Crippen molar-refractivity contribution >= 4 is 17.2 Å². The van der Waals surface area contributed by atoms with E-state index in [1.54, 1.807) is 0 Å². The lowest BCUT2D eigenvalue weighted by atomic mass is 10.2. The Morgan fingerprint density at radius 2 is 2.07 bits per heavy atom. The zero-order valence-electron chi connectivity index (χ0n) is 8.98. The molecule has 0 bridgehead atoms. The van der Waals surface area contributed by atoms with Crippen LogP contribution in [0.3, 0.4) is 0 Å². The summed E-state index contributed by atoms with van der Waals surface area (Å²) in [6, 6.07) is 10.3. The molecule has 0 spiro atoms. The van der Waals surface area contributed by atoms with Gasteiger partial charge >= 0.3 is 0 Å². The van der Waals surface area contributed by atoms with Gasteiger partial charge in [0.25, 0.3) is 0 Å². The first kappa shape index (κ1) is 12.1. The normalized spacial score (nSPS) is 12.3. The minimum atomic E-state index is 0.117. The van der Waals surface area contributed by atoms with Crippen LogP contribution >= 0.6 is 12.2 Å². The fourth-order valence-electron chi connectivity index (χ4n) is 1.36. The van der Waals surface area contributed by atoms with E-state index in [4.69, 9.17) is 22.7 Å². The summed E-state index contributed by atoms with van der Waals surface area (Å²) in [6.45, 7) is 2.71. The van der Waals surface area contributed by atoms with E-state index in [1.165, 1.54) is 5.56 Å². The molecule has 0 aliphatic carbocycles. The summed E-state index contributed by atoms with van der Waals surface area (Å²) in [5.41, 5.74) is 6.72. The lowest BCUT2D eigenvalue weighted by Crippen LogP contribution is -2.19. The standard InChI is InChI=1S/C12H17NOS/c1-10(9-12(13)15)14-8-7-11-5-3-2-4-6-11/h2-6,10H,7-9H2,1H3,(H2,13,15). The van der Waals surface area contributed by atoms with Crippen LogP contribution < -0.4 is 5.73 Å². The van der Waals surface area contributed by atoms with Crippen LogP contribution in [0.5, 0.6) is 0 Å². The Morgan fingerprint density at radius 1 is 1.40 bits per heavy atom. The molecule has 0 radical (unpaired) electrons. The van der Waals surface area contributed by atoms with E-state index in [9.17, 15) is 0 Å². The lowest BCUT2D eigenvalue weighted by Gasteiger charge is -2.11. The molecule has 3 heteroatoms. The minimum absolute atomic E-state index is 0.117. The average Bonchev–Trinajstić information content (AvgIpc) is 2.18. The van der Waals surface area contributed by atoms with Gasteiger partial charge in [0.1, 0.15) is 0 Å². The van der Waals surface area contributed by atoms with E-state index >= 15 is 0 Å². The number of nitrogens with two attached hydrogens (primary N) is 1. The van der Waals surface area contributed by atoms with Crippen molar-refractivity contribution in [3.05, 3.63) is 35.9 Å². The van der Waals surface area contributed by atoms with Gasteiger partial charge in [0, 0.05) is 6.42 Å². The molecule has 2 N–H and O–H groups in total. The molecular weight excluding hydrogens is 206 g/mol. The summed E-state index contributed by atoms with van der Waals surface area (Å²) in [5.74, 6) is 0. The summed E-state index contributed by atoms with van der Waals surface area (Å²) in [4.78, 5) is 0.516. The van der Waals surface area contributed by atoms with Crippen LogP contribution in [0.2, 0.25) is 0 Å². The predicted octanol–water partition coefficient (Wildman–Crippen LogP) is 2.31. The van der Waals surface area contributed by atoms with Gasteiger partial charge in [0.05, 0.1) is 17.7 Å². The molecule has 0 amide bonds. The van der Waals surface area contributed by atoms with Gasteiger partial charge in [-0.05, 0) is 18.9 Å².